The molecule has 0 heterocycles. The Morgan fingerprint density at radius 2 is 1.42 bits per heavy atom. The van der Waals surface area contributed by atoms with Gasteiger partial charge in [-0.3, -0.25) is 0 Å². The Kier molecular flexibility index (Phi) is 5.58. The second kappa shape index (κ2) is 5.91. The molecule has 0 atom stereocenters. The summed E-state index contributed by atoms with van der Waals surface area (Å²) in [6.07, 6.45) is 0. The number of esters is 2. The van der Waals surface area contributed by atoms with Gasteiger partial charge in [0, 0.05) is 0 Å². The van der Waals surface area contributed by atoms with Crippen LogP contribution in [0.15, 0.2) is 0 Å². The van der Waals surface area contributed by atoms with Crippen LogP contribution in [0.1, 0.15) is 13.8 Å². The molecule has 0 aliphatic rings. The molecule has 0 spiro atoms. The normalized spacial score (nSPS) is 8.83. The van der Waals surface area contributed by atoms with E-state index in [1.165, 1.54) is 0 Å². The summed E-state index contributed by atoms with van der Waals surface area (Å²) in [5.74, 6) is -1.34. The summed E-state index contributed by atoms with van der Waals surface area (Å²) >= 11 is 2.31. The zero-order valence-electron chi connectivity index (χ0n) is 6.96. The molecule has 0 aromatic rings. The molecule has 0 N–H and O–H groups in total. The first-order valence-electron chi connectivity index (χ1n) is 3.51. The van der Waals surface area contributed by atoms with E-state index in [9.17, 15) is 9.59 Å². The van der Waals surface area contributed by atoms with Crippen LogP contribution >= 0.6 is 0 Å². The number of ether oxygens (including phenoxy) is 2. The van der Waals surface area contributed by atoms with E-state index in [0.29, 0.717) is 0 Å². The van der Waals surface area contributed by atoms with E-state index in [0.717, 1.165) is 0 Å². The minimum atomic E-state index is -0.670. The van der Waals surface area contributed by atoms with Crippen molar-refractivity contribution in [3.05, 3.63) is 0 Å². The number of carbonyl (C=O) groups is 2. The fraction of sp³-hybridized carbons (Fsp3) is 0.571. The molecule has 0 aliphatic carbocycles. The second-order valence-electron chi connectivity index (χ2n) is 1.77. The van der Waals surface area contributed by atoms with Crippen molar-refractivity contribution in [1.82, 2.24) is 0 Å². The van der Waals surface area contributed by atoms with Crippen LogP contribution < -0.4 is 0 Å². The molecule has 0 aromatic heterocycles. The Morgan fingerprint density at radius 3 is 1.67 bits per heavy atom. The first-order chi connectivity index (χ1) is 5.63. The monoisotopic (exact) mass is 238 g/mol. The molecule has 0 bridgehead atoms. The van der Waals surface area contributed by atoms with Crippen LogP contribution in [-0.2, 0) is 19.1 Å². The van der Waals surface area contributed by atoms with Crippen molar-refractivity contribution in [2.45, 2.75) is 13.8 Å². The maximum absolute atomic E-state index is 10.9. The first-order valence-corrected chi connectivity index (χ1v) is 4.37. The van der Waals surface area contributed by atoms with Crippen LogP contribution in [0.5, 0.6) is 0 Å². The van der Waals surface area contributed by atoms with E-state index in [1.807, 2.05) is 0 Å². The Bertz CT molecular complexity index is 180. The van der Waals surface area contributed by atoms with Crippen LogP contribution in [0.3, 0.4) is 0 Å². The molecule has 12 heavy (non-hydrogen) atoms. The summed E-state index contributed by atoms with van der Waals surface area (Å²) in [6, 6.07) is 0. The molecule has 4 nitrogen and oxygen atoms in total. The van der Waals surface area contributed by atoms with Crippen molar-refractivity contribution >= 4 is 31.9 Å². The molecule has 0 aromatic carbocycles. The van der Waals surface area contributed by atoms with Gasteiger partial charge in [-0.05, 0) is 0 Å². The molecule has 0 radical (unpaired) electrons. The van der Waals surface area contributed by atoms with Gasteiger partial charge in [0.2, 0.25) is 0 Å². The summed E-state index contributed by atoms with van der Waals surface area (Å²) < 4.78 is 8.99. The Hall–Kier alpha value is -0.671. The van der Waals surface area contributed by atoms with Gasteiger partial charge in [0.15, 0.2) is 0 Å². The quantitative estimate of drug-likeness (QED) is 0.374. The Morgan fingerprint density at radius 1 is 1.08 bits per heavy atom. The molecule has 0 saturated carbocycles. The van der Waals surface area contributed by atoms with Crippen molar-refractivity contribution in [2.24, 2.45) is 0 Å². The number of hydrogen-bond donors (Lipinski definition) is 0. The van der Waals surface area contributed by atoms with E-state index in [-0.39, 0.29) is 17.6 Å². The fourth-order valence-electron chi connectivity index (χ4n) is 0.477. The molecule has 0 saturated heterocycles. The zero-order chi connectivity index (χ0) is 9.56. The molecule has 68 valence electrons. The van der Waals surface area contributed by atoms with Gasteiger partial charge in [-0.2, -0.15) is 0 Å². The van der Waals surface area contributed by atoms with Crippen molar-refractivity contribution in [2.75, 3.05) is 13.2 Å². The summed E-state index contributed by atoms with van der Waals surface area (Å²) in [7, 11) is 0. The molecule has 0 amide bonds. The predicted molar refractivity (Wildman–Crippen MR) is 44.0 cm³/mol. The van der Waals surface area contributed by atoms with Crippen LogP contribution in [0.25, 0.3) is 0 Å². The number of rotatable bonds is 4. The van der Waals surface area contributed by atoms with Gasteiger partial charge in [0.05, 0.1) is 0 Å². The van der Waals surface area contributed by atoms with Gasteiger partial charge in [-0.15, -0.1) is 0 Å². The van der Waals surface area contributed by atoms with Gasteiger partial charge < -0.3 is 0 Å². The maximum atomic E-state index is 10.9. The van der Waals surface area contributed by atoms with E-state index >= 15 is 0 Å². The van der Waals surface area contributed by atoms with Crippen molar-refractivity contribution in [3.8, 4) is 0 Å². The van der Waals surface area contributed by atoms with Crippen LogP contribution in [-0.4, -0.2) is 45.1 Å². The van der Waals surface area contributed by atoms with Crippen LogP contribution in [0.2, 0.25) is 0 Å². The number of hydrogen-bond acceptors (Lipinski definition) is 4. The topological polar surface area (TPSA) is 52.6 Å². The second-order valence-corrected chi connectivity index (χ2v) is 2.63. The molecular formula is C7H10O4Se. The standard InChI is InChI=1S/C7H10O4Se/c1-3-10-6(8)5(12)7(9)11-4-2/h3-4H2,1-2H3. The molecule has 0 unspecified atom stereocenters. The molecular weight excluding hydrogens is 227 g/mol. The predicted octanol–water partition coefficient (Wildman–Crippen LogP) is -0.546. The van der Waals surface area contributed by atoms with E-state index in [2.05, 4.69) is 25.0 Å². The summed E-state index contributed by atoms with van der Waals surface area (Å²) in [5.41, 5.74) is 0. The van der Waals surface area contributed by atoms with E-state index < -0.39 is 11.9 Å². The Labute approximate surface area is 78.6 Å². The van der Waals surface area contributed by atoms with Crippen LogP contribution in [0, 0.1) is 0 Å². The van der Waals surface area contributed by atoms with Gasteiger partial charge in [0.1, 0.15) is 0 Å². The average Bonchev–Trinajstić information content (AvgIpc) is 2.04. The summed E-state index contributed by atoms with van der Waals surface area (Å²) in [5, 5.41) is 0. The van der Waals surface area contributed by atoms with Gasteiger partial charge in [0.25, 0.3) is 0 Å². The van der Waals surface area contributed by atoms with Gasteiger partial charge in [-0.25, -0.2) is 0 Å². The van der Waals surface area contributed by atoms with Crippen molar-refractivity contribution in [3.63, 3.8) is 0 Å². The third-order valence-corrected chi connectivity index (χ3v) is 1.62. The summed E-state index contributed by atoms with van der Waals surface area (Å²) in [4.78, 5) is 21.7. The molecule has 0 rings (SSSR count). The van der Waals surface area contributed by atoms with Crippen molar-refractivity contribution < 1.29 is 19.1 Å². The molecule has 0 fully saturated rings. The van der Waals surface area contributed by atoms with Gasteiger partial charge in [-0.1, -0.05) is 0 Å². The fourth-order valence-corrected chi connectivity index (χ4v) is 0.724. The molecule has 0 aliphatic heterocycles. The number of carbonyl (C=O) groups excluding carboxylic acids is 2. The van der Waals surface area contributed by atoms with Gasteiger partial charge >= 0.3 is 78.1 Å². The molecule has 5 heteroatoms. The van der Waals surface area contributed by atoms with Crippen LogP contribution in [0.4, 0.5) is 0 Å². The third kappa shape index (κ3) is 3.64. The summed E-state index contributed by atoms with van der Waals surface area (Å²) in [6.45, 7) is 3.81. The Balaban J connectivity index is 4.01. The third-order valence-electron chi connectivity index (χ3n) is 0.922. The minimum absolute atomic E-state index is 0.140. The zero-order valence-corrected chi connectivity index (χ0v) is 8.67. The first kappa shape index (κ1) is 11.3. The average molecular weight is 237 g/mol. The SMILES string of the molecule is CCOC(=O)C(=[Se])C(=O)OCC. The van der Waals surface area contributed by atoms with E-state index in [4.69, 9.17) is 0 Å². The van der Waals surface area contributed by atoms with E-state index in [1.54, 1.807) is 13.8 Å². The van der Waals surface area contributed by atoms with Crippen molar-refractivity contribution in [1.29, 1.82) is 0 Å².